The SMILES string of the molecule is CSCC[C@@H](NC(=O)c1ccc([N+](=O)[O-])cc1Cl)C(=O)OCc1nc2ccccc2s1. The molecule has 8 nitrogen and oxygen atoms in total. The van der Waals surface area contributed by atoms with Crippen LogP contribution in [0.4, 0.5) is 5.69 Å². The monoisotopic (exact) mass is 479 g/mol. The topological polar surface area (TPSA) is 111 Å². The molecule has 0 radical (unpaired) electrons. The zero-order valence-corrected chi connectivity index (χ0v) is 18.8. The molecule has 0 saturated carbocycles. The number of para-hydroxylation sites is 1. The highest BCUT2D eigenvalue weighted by atomic mass is 35.5. The summed E-state index contributed by atoms with van der Waals surface area (Å²) in [6.45, 7) is 0.00209. The minimum atomic E-state index is -0.888. The zero-order chi connectivity index (χ0) is 22.4. The first-order valence-corrected chi connectivity index (χ1v) is 11.7. The molecule has 2 aromatic carbocycles. The van der Waals surface area contributed by atoms with Gasteiger partial charge in [0, 0.05) is 12.1 Å². The van der Waals surface area contributed by atoms with Crippen molar-refractivity contribution in [1.82, 2.24) is 10.3 Å². The van der Waals surface area contributed by atoms with E-state index < -0.39 is 22.8 Å². The molecule has 1 amide bonds. The number of non-ortho nitro benzene ring substituents is 1. The summed E-state index contributed by atoms with van der Waals surface area (Å²) in [4.78, 5) is 39.9. The number of thiazole rings is 1. The quantitative estimate of drug-likeness (QED) is 0.274. The fourth-order valence-electron chi connectivity index (χ4n) is 2.74. The number of carbonyl (C=O) groups excluding carboxylic acids is 2. The van der Waals surface area contributed by atoms with E-state index in [9.17, 15) is 19.7 Å². The van der Waals surface area contributed by atoms with E-state index in [1.165, 1.54) is 35.2 Å². The second kappa shape index (κ2) is 10.6. The molecule has 0 fully saturated rings. The van der Waals surface area contributed by atoms with E-state index in [0.29, 0.717) is 17.2 Å². The first kappa shape index (κ1) is 23.0. The fraction of sp³-hybridized carbons (Fsp3) is 0.250. The van der Waals surface area contributed by atoms with Crippen LogP contribution in [0, 0.1) is 10.1 Å². The van der Waals surface area contributed by atoms with E-state index in [-0.39, 0.29) is 22.9 Å². The number of halogens is 1. The Bertz CT molecular complexity index is 1090. The standard InChI is InChI=1S/C20H18ClN3O5S2/c1-30-9-8-16(23-19(25)13-7-6-12(24(27)28)10-14(13)21)20(26)29-11-18-22-15-4-2-3-5-17(15)31-18/h2-7,10,16H,8-9,11H2,1H3,(H,23,25)/t16-/m1/s1. The Labute approximate surface area is 191 Å². The van der Waals surface area contributed by atoms with Crippen LogP contribution >= 0.6 is 34.7 Å². The van der Waals surface area contributed by atoms with E-state index in [1.807, 2.05) is 30.5 Å². The number of nitro benzene ring substituents is 1. The van der Waals surface area contributed by atoms with Gasteiger partial charge in [0.2, 0.25) is 0 Å². The van der Waals surface area contributed by atoms with Gasteiger partial charge in [-0.2, -0.15) is 11.8 Å². The lowest BCUT2D eigenvalue weighted by molar-refractivity contribution is -0.384. The molecular weight excluding hydrogens is 462 g/mol. The maximum absolute atomic E-state index is 12.6. The van der Waals surface area contributed by atoms with Crippen molar-refractivity contribution in [2.24, 2.45) is 0 Å². The van der Waals surface area contributed by atoms with Crippen LogP contribution < -0.4 is 5.32 Å². The van der Waals surface area contributed by atoms with E-state index >= 15 is 0 Å². The number of rotatable bonds is 9. The van der Waals surface area contributed by atoms with Crippen LogP contribution in [0.3, 0.4) is 0 Å². The molecule has 0 unspecified atom stereocenters. The summed E-state index contributed by atoms with van der Waals surface area (Å²) in [7, 11) is 0. The second-order valence-corrected chi connectivity index (χ2v) is 8.92. The van der Waals surface area contributed by atoms with Crippen molar-refractivity contribution in [3.8, 4) is 0 Å². The van der Waals surface area contributed by atoms with Gasteiger partial charge in [0.25, 0.3) is 11.6 Å². The van der Waals surface area contributed by atoms with Crippen LogP contribution in [0.5, 0.6) is 0 Å². The highest BCUT2D eigenvalue weighted by Gasteiger charge is 2.24. The van der Waals surface area contributed by atoms with Crippen molar-refractivity contribution in [3.05, 3.63) is 68.2 Å². The molecule has 1 N–H and O–H groups in total. The molecule has 0 aliphatic carbocycles. The number of thioether (sulfide) groups is 1. The van der Waals surface area contributed by atoms with Gasteiger partial charge in [-0.15, -0.1) is 11.3 Å². The van der Waals surface area contributed by atoms with E-state index in [2.05, 4.69) is 10.3 Å². The first-order valence-electron chi connectivity index (χ1n) is 9.14. The Morgan fingerprint density at radius 3 is 2.77 bits per heavy atom. The number of nitrogens with one attached hydrogen (secondary N) is 1. The molecule has 1 atom stereocenters. The number of carbonyl (C=O) groups is 2. The summed E-state index contributed by atoms with van der Waals surface area (Å²) < 4.78 is 6.39. The Hall–Kier alpha value is -2.69. The highest BCUT2D eigenvalue weighted by Crippen LogP contribution is 2.24. The number of benzene rings is 2. The molecule has 3 rings (SSSR count). The maximum Gasteiger partial charge on any atom is 0.329 e. The molecule has 0 bridgehead atoms. The third kappa shape index (κ3) is 5.93. The van der Waals surface area contributed by atoms with Crippen molar-refractivity contribution >= 4 is 62.5 Å². The zero-order valence-electron chi connectivity index (χ0n) is 16.4. The van der Waals surface area contributed by atoms with Gasteiger partial charge in [0.1, 0.15) is 17.7 Å². The molecule has 0 aliphatic rings. The predicted molar refractivity (Wildman–Crippen MR) is 122 cm³/mol. The molecule has 0 spiro atoms. The van der Waals surface area contributed by atoms with Gasteiger partial charge in [-0.1, -0.05) is 23.7 Å². The molecule has 0 aliphatic heterocycles. The van der Waals surface area contributed by atoms with Gasteiger partial charge in [0.05, 0.1) is 25.7 Å². The molecule has 11 heteroatoms. The Kier molecular flexibility index (Phi) is 7.83. The number of nitrogens with zero attached hydrogens (tertiary/aromatic N) is 2. The molecule has 162 valence electrons. The Balaban J connectivity index is 1.67. The molecule has 31 heavy (non-hydrogen) atoms. The molecule has 1 heterocycles. The number of amides is 1. The number of nitro groups is 1. The van der Waals surface area contributed by atoms with Crippen LogP contribution in [-0.2, 0) is 16.1 Å². The van der Waals surface area contributed by atoms with Crippen molar-refractivity contribution in [3.63, 3.8) is 0 Å². The van der Waals surface area contributed by atoms with Gasteiger partial charge >= 0.3 is 5.97 Å². The average Bonchev–Trinajstić information content (AvgIpc) is 3.17. The summed E-state index contributed by atoms with van der Waals surface area (Å²) in [5.41, 5.74) is 0.648. The third-order valence-corrected chi connectivity index (χ3v) is 6.25. The molecule has 0 saturated heterocycles. The van der Waals surface area contributed by atoms with Gasteiger partial charge in [0.15, 0.2) is 0 Å². The molecule has 3 aromatic rings. The third-order valence-electron chi connectivity index (χ3n) is 4.28. The normalized spacial score (nSPS) is 11.8. The summed E-state index contributed by atoms with van der Waals surface area (Å²) >= 11 is 8.98. The summed E-state index contributed by atoms with van der Waals surface area (Å²) in [5.74, 6) is -0.572. The van der Waals surface area contributed by atoms with Crippen molar-refractivity contribution in [1.29, 1.82) is 0 Å². The summed E-state index contributed by atoms with van der Waals surface area (Å²) in [5, 5.41) is 14.1. The van der Waals surface area contributed by atoms with Gasteiger partial charge in [-0.3, -0.25) is 14.9 Å². The lowest BCUT2D eigenvalue weighted by atomic mass is 10.1. The number of hydrogen-bond donors (Lipinski definition) is 1. The Morgan fingerprint density at radius 2 is 2.10 bits per heavy atom. The van der Waals surface area contributed by atoms with Crippen LogP contribution in [0.25, 0.3) is 10.2 Å². The van der Waals surface area contributed by atoms with E-state index in [1.54, 1.807) is 0 Å². The predicted octanol–water partition coefficient (Wildman–Crippen LogP) is 4.45. The number of fused-ring (bicyclic) bond motifs is 1. The van der Waals surface area contributed by atoms with Crippen LogP contribution in [0.1, 0.15) is 21.8 Å². The first-order chi connectivity index (χ1) is 14.9. The van der Waals surface area contributed by atoms with Crippen LogP contribution in [-0.4, -0.2) is 39.8 Å². The molecular formula is C20H18ClN3O5S2. The highest BCUT2D eigenvalue weighted by molar-refractivity contribution is 7.98. The van der Waals surface area contributed by atoms with E-state index in [4.69, 9.17) is 16.3 Å². The summed E-state index contributed by atoms with van der Waals surface area (Å²) in [6.07, 6.45) is 2.24. The minimum absolute atomic E-state index is 0.00209. The lowest BCUT2D eigenvalue weighted by Crippen LogP contribution is -2.42. The van der Waals surface area contributed by atoms with Gasteiger partial charge in [-0.25, -0.2) is 9.78 Å². The van der Waals surface area contributed by atoms with Crippen LogP contribution in [0.15, 0.2) is 42.5 Å². The number of aromatic nitrogens is 1. The number of esters is 1. The number of hydrogen-bond acceptors (Lipinski definition) is 8. The van der Waals surface area contributed by atoms with Crippen molar-refractivity contribution < 1.29 is 19.2 Å². The van der Waals surface area contributed by atoms with Crippen molar-refractivity contribution in [2.45, 2.75) is 19.1 Å². The smallest absolute Gasteiger partial charge is 0.329 e. The maximum atomic E-state index is 12.6. The second-order valence-electron chi connectivity index (χ2n) is 6.41. The fourth-order valence-corrected chi connectivity index (χ4v) is 4.35. The minimum Gasteiger partial charge on any atom is -0.457 e. The van der Waals surface area contributed by atoms with Gasteiger partial charge in [-0.05, 0) is 36.6 Å². The Morgan fingerprint density at radius 1 is 1.32 bits per heavy atom. The van der Waals surface area contributed by atoms with Crippen LogP contribution in [0.2, 0.25) is 5.02 Å². The molecule has 1 aromatic heterocycles. The average molecular weight is 480 g/mol. The largest absolute Gasteiger partial charge is 0.457 e. The van der Waals surface area contributed by atoms with Crippen molar-refractivity contribution in [2.75, 3.05) is 12.0 Å². The lowest BCUT2D eigenvalue weighted by Gasteiger charge is -2.17. The summed E-state index contributed by atoms with van der Waals surface area (Å²) in [6, 6.07) is 10.3. The van der Waals surface area contributed by atoms with E-state index in [0.717, 1.165) is 16.3 Å². The number of ether oxygens (including phenoxy) is 1. The van der Waals surface area contributed by atoms with Gasteiger partial charge < -0.3 is 10.1 Å².